The first-order valence-corrected chi connectivity index (χ1v) is 9.77. The van der Waals surface area contributed by atoms with E-state index < -0.39 is 0 Å². The Hall–Kier alpha value is -1.99. The smallest absolute Gasteiger partial charge is 0.193 e. The van der Waals surface area contributed by atoms with E-state index in [0.717, 1.165) is 56.9 Å². The quantitative estimate of drug-likeness (QED) is 0.599. The molecule has 3 rings (SSSR count). The summed E-state index contributed by atoms with van der Waals surface area (Å²) >= 11 is 0. The monoisotopic (exact) mass is 376 g/mol. The van der Waals surface area contributed by atoms with Gasteiger partial charge in [0.05, 0.1) is 26.9 Å². The third-order valence-corrected chi connectivity index (χ3v) is 5.18. The first kappa shape index (κ1) is 19.8. The fraction of sp³-hybridized carbons (Fsp3) is 0.650. The molecule has 1 N–H and O–H groups in total. The molecule has 0 aromatic heterocycles. The van der Waals surface area contributed by atoms with Crippen molar-refractivity contribution in [3.8, 4) is 11.5 Å². The van der Waals surface area contributed by atoms with Crippen molar-refractivity contribution < 1.29 is 14.2 Å². The Labute approximate surface area is 162 Å². The summed E-state index contributed by atoms with van der Waals surface area (Å²) in [5.41, 5.74) is 0. The largest absolute Gasteiger partial charge is 0.497 e. The highest BCUT2D eigenvalue weighted by Crippen LogP contribution is 2.19. The number of aliphatic imine (C=N–C) groups is 1. The summed E-state index contributed by atoms with van der Waals surface area (Å²) in [7, 11) is 3.51. The van der Waals surface area contributed by atoms with Crippen molar-refractivity contribution in [3.63, 3.8) is 0 Å². The molecule has 7 nitrogen and oxygen atoms in total. The van der Waals surface area contributed by atoms with Gasteiger partial charge in [-0.2, -0.15) is 0 Å². The van der Waals surface area contributed by atoms with Gasteiger partial charge in [0.1, 0.15) is 17.6 Å². The van der Waals surface area contributed by atoms with Crippen LogP contribution in [0.4, 0.5) is 0 Å². The van der Waals surface area contributed by atoms with Gasteiger partial charge in [0.2, 0.25) is 0 Å². The van der Waals surface area contributed by atoms with Crippen LogP contribution in [0.15, 0.2) is 29.3 Å². The summed E-state index contributed by atoms with van der Waals surface area (Å²) < 4.78 is 16.6. The molecule has 7 heteroatoms. The lowest BCUT2D eigenvalue weighted by Gasteiger charge is -2.32. The zero-order chi connectivity index (χ0) is 19.1. The van der Waals surface area contributed by atoms with Gasteiger partial charge in [-0.15, -0.1) is 0 Å². The summed E-state index contributed by atoms with van der Waals surface area (Å²) in [5, 5.41) is 3.46. The number of nitrogens with zero attached hydrogens (tertiary/aromatic N) is 3. The Kier molecular flexibility index (Phi) is 7.18. The van der Waals surface area contributed by atoms with Crippen molar-refractivity contribution in [3.05, 3.63) is 24.3 Å². The molecule has 1 aromatic rings. The topological polar surface area (TPSA) is 58.6 Å². The van der Waals surface area contributed by atoms with E-state index in [1.807, 2.05) is 31.3 Å². The van der Waals surface area contributed by atoms with Crippen molar-refractivity contribution in [2.45, 2.75) is 25.5 Å². The van der Waals surface area contributed by atoms with E-state index in [4.69, 9.17) is 14.2 Å². The fourth-order valence-corrected chi connectivity index (χ4v) is 3.67. The van der Waals surface area contributed by atoms with E-state index in [2.05, 4.69) is 27.0 Å². The Bertz CT molecular complexity index is 602. The molecule has 0 radical (unpaired) electrons. The minimum atomic E-state index is 0.0350. The van der Waals surface area contributed by atoms with Gasteiger partial charge in [0, 0.05) is 39.3 Å². The predicted octanol–water partition coefficient (Wildman–Crippen LogP) is 1.44. The van der Waals surface area contributed by atoms with Crippen LogP contribution in [0, 0.1) is 0 Å². The van der Waals surface area contributed by atoms with Crippen LogP contribution >= 0.6 is 0 Å². The lowest BCUT2D eigenvalue weighted by atomic mass is 10.2. The van der Waals surface area contributed by atoms with Crippen LogP contribution in [0.2, 0.25) is 0 Å². The highest BCUT2D eigenvalue weighted by molar-refractivity contribution is 5.80. The van der Waals surface area contributed by atoms with Gasteiger partial charge in [-0.25, -0.2) is 0 Å². The molecule has 0 amide bonds. The Morgan fingerprint density at radius 2 is 1.93 bits per heavy atom. The lowest BCUT2D eigenvalue weighted by molar-refractivity contribution is 0.0194. The number of methoxy groups -OCH3 is 1. The van der Waals surface area contributed by atoms with Crippen molar-refractivity contribution in [1.82, 2.24) is 15.1 Å². The molecule has 2 aliphatic heterocycles. The number of benzene rings is 1. The first-order valence-electron chi connectivity index (χ1n) is 9.77. The minimum absolute atomic E-state index is 0.0350. The van der Waals surface area contributed by atoms with Crippen LogP contribution in [0.1, 0.15) is 13.3 Å². The summed E-state index contributed by atoms with van der Waals surface area (Å²) in [6.45, 7) is 8.60. The second kappa shape index (κ2) is 9.80. The third-order valence-electron chi connectivity index (χ3n) is 5.18. The fourth-order valence-electron chi connectivity index (χ4n) is 3.67. The number of hydrogen-bond acceptors (Lipinski definition) is 5. The molecule has 2 aliphatic rings. The molecule has 0 spiro atoms. The summed E-state index contributed by atoms with van der Waals surface area (Å²) in [5.74, 6) is 2.63. The van der Waals surface area contributed by atoms with Crippen molar-refractivity contribution in [2.75, 3.05) is 60.1 Å². The summed E-state index contributed by atoms with van der Waals surface area (Å²) in [4.78, 5) is 9.36. The number of morpholine rings is 1. The molecule has 2 unspecified atom stereocenters. The number of guanidine groups is 1. The lowest BCUT2D eigenvalue weighted by Crippen LogP contribution is -2.47. The normalized spacial score (nSPS) is 22.6. The summed E-state index contributed by atoms with van der Waals surface area (Å²) in [6, 6.07) is 8.27. The molecule has 2 atom stereocenters. The Balaban J connectivity index is 1.44. The standard InChI is InChI=1S/C20H32N4O3/c1-16(27-19-6-4-18(25-3)5-7-19)14-22-20(21-2)24-9-8-17(15-24)23-10-12-26-13-11-23/h4-7,16-17H,8-15H2,1-3H3,(H,21,22). The van der Waals surface area contributed by atoms with E-state index in [1.165, 1.54) is 6.42 Å². The van der Waals surface area contributed by atoms with Crippen LogP contribution in [0.5, 0.6) is 11.5 Å². The maximum atomic E-state index is 5.97. The molecular formula is C20H32N4O3. The van der Waals surface area contributed by atoms with Gasteiger partial charge >= 0.3 is 0 Å². The Morgan fingerprint density at radius 3 is 2.59 bits per heavy atom. The molecule has 27 heavy (non-hydrogen) atoms. The molecule has 2 heterocycles. The SMILES string of the molecule is CN=C(NCC(C)Oc1ccc(OC)cc1)N1CCC(N2CCOCC2)C1. The molecule has 1 aromatic carbocycles. The van der Waals surface area contributed by atoms with E-state index in [1.54, 1.807) is 7.11 Å². The van der Waals surface area contributed by atoms with Crippen LogP contribution in [-0.2, 0) is 4.74 Å². The van der Waals surface area contributed by atoms with Gasteiger partial charge in [-0.3, -0.25) is 9.89 Å². The van der Waals surface area contributed by atoms with E-state index in [0.29, 0.717) is 12.6 Å². The molecule has 2 fully saturated rings. The van der Waals surface area contributed by atoms with E-state index in [9.17, 15) is 0 Å². The van der Waals surface area contributed by atoms with Gasteiger partial charge in [-0.1, -0.05) is 0 Å². The minimum Gasteiger partial charge on any atom is -0.497 e. The molecule has 150 valence electrons. The molecule has 0 aliphatic carbocycles. The van der Waals surface area contributed by atoms with Gasteiger partial charge in [-0.05, 0) is 37.6 Å². The van der Waals surface area contributed by atoms with E-state index in [-0.39, 0.29) is 6.10 Å². The number of nitrogens with one attached hydrogen (secondary N) is 1. The Morgan fingerprint density at radius 1 is 1.22 bits per heavy atom. The van der Waals surface area contributed by atoms with Crippen molar-refractivity contribution in [1.29, 1.82) is 0 Å². The second-order valence-electron chi connectivity index (χ2n) is 7.07. The third kappa shape index (κ3) is 5.49. The maximum absolute atomic E-state index is 5.97. The molecular weight excluding hydrogens is 344 g/mol. The van der Waals surface area contributed by atoms with Crippen LogP contribution in [-0.4, -0.2) is 88.0 Å². The number of rotatable bonds is 6. The zero-order valence-electron chi connectivity index (χ0n) is 16.7. The highest BCUT2D eigenvalue weighted by atomic mass is 16.5. The second-order valence-corrected chi connectivity index (χ2v) is 7.07. The average molecular weight is 377 g/mol. The summed E-state index contributed by atoms with van der Waals surface area (Å²) in [6.07, 6.45) is 1.21. The molecule has 0 saturated carbocycles. The highest BCUT2D eigenvalue weighted by Gasteiger charge is 2.30. The zero-order valence-corrected chi connectivity index (χ0v) is 16.7. The van der Waals surface area contributed by atoms with Gasteiger partial charge in [0.25, 0.3) is 0 Å². The van der Waals surface area contributed by atoms with Gasteiger partial charge in [0.15, 0.2) is 5.96 Å². The maximum Gasteiger partial charge on any atom is 0.193 e. The van der Waals surface area contributed by atoms with Crippen LogP contribution in [0.25, 0.3) is 0 Å². The van der Waals surface area contributed by atoms with Crippen molar-refractivity contribution in [2.24, 2.45) is 4.99 Å². The molecule has 0 bridgehead atoms. The number of likely N-dealkylation sites (tertiary alicyclic amines) is 1. The average Bonchev–Trinajstić information content (AvgIpc) is 3.20. The number of ether oxygens (including phenoxy) is 3. The van der Waals surface area contributed by atoms with E-state index >= 15 is 0 Å². The predicted molar refractivity (Wildman–Crippen MR) is 107 cm³/mol. The van der Waals surface area contributed by atoms with Gasteiger partial charge < -0.3 is 24.4 Å². The van der Waals surface area contributed by atoms with Crippen LogP contribution in [0.3, 0.4) is 0 Å². The number of hydrogen-bond donors (Lipinski definition) is 1. The van der Waals surface area contributed by atoms with Crippen LogP contribution < -0.4 is 14.8 Å². The first-order chi connectivity index (χ1) is 13.2. The van der Waals surface area contributed by atoms with Crippen molar-refractivity contribution >= 4 is 5.96 Å². The molecule has 2 saturated heterocycles.